The highest BCUT2D eigenvalue weighted by Gasteiger charge is 2.33. The predicted molar refractivity (Wildman–Crippen MR) is 94.4 cm³/mol. The summed E-state index contributed by atoms with van der Waals surface area (Å²) in [7, 11) is 1.85. The lowest BCUT2D eigenvalue weighted by Crippen LogP contribution is -2.33. The van der Waals surface area contributed by atoms with Gasteiger partial charge in [-0.3, -0.25) is 9.48 Å². The lowest BCUT2D eigenvalue weighted by Gasteiger charge is -2.16. The van der Waals surface area contributed by atoms with E-state index in [9.17, 15) is 4.79 Å². The van der Waals surface area contributed by atoms with Gasteiger partial charge in [0.25, 0.3) is 0 Å². The van der Waals surface area contributed by atoms with Crippen LogP contribution in [0.4, 0.5) is 11.4 Å². The first kappa shape index (κ1) is 16.4. The van der Waals surface area contributed by atoms with Gasteiger partial charge in [0.05, 0.1) is 18.5 Å². The molecule has 1 N–H and O–H groups in total. The second-order valence-electron chi connectivity index (χ2n) is 6.58. The molecule has 0 aliphatic carbocycles. The molecular weight excluding hydrogens is 304 g/mol. The van der Waals surface area contributed by atoms with Crippen molar-refractivity contribution < 1.29 is 9.53 Å². The Morgan fingerprint density at radius 3 is 2.96 bits per heavy atom. The van der Waals surface area contributed by atoms with Gasteiger partial charge < -0.3 is 15.0 Å². The SMILES string of the molecule is CC(C)COc1cccc(NC2CCN(c3cnn(C)c3)C2=O)c1. The fraction of sp³-hybridized carbons (Fsp3) is 0.444. The van der Waals surface area contributed by atoms with Gasteiger partial charge in [-0.15, -0.1) is 0 Å². The van der Waals surface area contributed by atoms with Crippen molar-refractivity contribution in [1.82, 2.24) is 9.78 Å². The molecule has 0 spiro atoms. The fourth-order valence-corrected chi connectivity index (χ4v) is 2.76. The van der Waals surface area contributed by atoms with Crippen molar-refractivity contribution in [3.05, 3.63) is 36.7 Å². The maximum absolute atomic E-state index is 12.6. The number of benzene rings is 1. The van der Waals surface area contributed by atoms with Gasteiger partial charge in [0.15, 0.2) is 0 Å². The second-order valence-corrected chi connectivity index (χ2v) is 6.58. The molecule has 1 atom stereocenters. The normalized spacial score (nSPS) is 17.6. The monoisotopic (exact) mass is 328 g/mol. The molecule has 6 nitrogen and oxygen atoms in total. The van der Waals surface area contributed by atoms with Gasteiger partial charge in [0.1, 0.15) is 11.8 Å². The van der Waals surface area contributed by atoms with E-state index in [-0.39, 0.29) is 11.9 Å². The van der Waals surface area contributed by atoms with E-state index in [4.69, 9.17) is 4.74 Å². The third-order valence-corrected chi connectivity index (χ3v) is 3.97. The minimum atomic E-state index is -0.217. The number of nitrogens with zero attached hydrogens (tertiary/aromatic N) is 3. The number of carbonyl (C=O) groups is 1. The van der Waals surface area contributed by atoms with Crippen molar-refractivity contribution in [2.75, 3.05) is 23.4 Å². The molecule has 1 aromatic carbocycles. The number of rotatable bonds is 6. The number of carbonyl (C=O) groups excluding carboxylic acids is 1. The maximum atomic E-state index is 12.6. The van der Waals surface area contributed by atoms with Crippen LogP contribution < -0.4 is 15.0 Å². The zero-order chi connectivity index (χ0) is 17.1. The van der Waals surface area contributed by atoms with Crippen molar-refractivity contribution in [2.45, 2.75) is 26.3 Å². The molecule has 2 aromatic rings. The third kappa shape index (κ3) is 3.69. The van der Waals surface area contributed by atoms with E-state index in [1.54, 1.807) is 15.8 Å². The molecule has 0 radical (unpaired) electrons. The minimum Gasteiger partial charge on any atom is -0.493 e. The Labute approximate surface area is 142 Å². The molecule has 1 saturated heterocycles. The summed E-state index contributed by atoms with van der Waals surface area (Å²) >= 11 is 0. The number of ether oxygens (including phenoxy) is 1. The van der Waals surface area contributed by atoms with Crippen LogP contribution in [0.25, 0.3) is 0 Å². The summed E-state index contributed by atoms with van der Waals surface area (Å²) in [5.41, 5.74) is 1.75. The molecule has 0 bridgehead atoms. The number of aromatic nitrogens is 2. The van der Waals surface area contributed by atoms with Gasteiger partial charge in [0.2, 0.25) is 5.91 Å². The first-order valence-electron chi connectivity index (χ1n) is 8.32. The van der Waals surface area contributed by atoms with Crippen LogP contribution in [0, 0.1) is 5.92 Å². The van der Waals surface area contributed by atoms with Crippen molar-refractivity contribution in [2.24, 2.45) is 13.0 Å². The number of hydrogen-bond acceptors (Lipinski definition) is 4. The Balaban J connectivity index is 1.64. The summed E-state index contributed by atoms with van der Waals surface area (Å²) < 4.78 is 7.45. The molecule has 24 heavy (non-hydrogen) atoms. The zero-order valence-electron chi connectivity index (χ0n) is 14.4. The Morgan fingerprint density at radius 1 is 1.42 bits per heavy atom. The van der Waals surface area contributed by atoms with Gasteiger partial charge >= 0.3 is 0 Å². The Hall–Kier alpha value is -2.50. The average Bonchev–Trinajstić information content (AvgIpc) is 3.12. The van der Waals surface area contributed by atoms with Crippen LogP contribution in [0.5, 0.6) is 5.75 Å². The number of hydrogen-bond donors (Lipinski definition) is 1. The molecule has 1 aliphatic rings. The Kier molecular flexibility index (Phi) is 4.74. The van der Waals surface area contributed by atoms with E-state index in [1.165, 1.54) is 0 Å². The van der Waals surface area contributed by atoms with E-state index in [0.717, 1.165) is 23.5 Å². The lowest BCUT2D eigenvalue weighted by molar-refractivity contribution is -0.117. The van der Waals surface area contributed by atoms with Crippen LogP contribution in [-0.4, -0.2) is 34.9 Å². The second kappa shape index (κ2) is 6.95. The first-order valence-corrected chi connectivity index (χ1v) is 8.32. The third-order valence-electron chi connectivity index (χ3n) is 3.97. The number of amides is 1. The Bertz CT molecular complexity index is 711. The van der Waals surface area contributed by atoms with Crippen LogP contribution in [0.3, 0.4) is 0 Å². The van der Waals surface area contributed by atoms with Crippen molar-refractivity contribution in [3.8, 4) is 5.75 Å². The van der Waals surface area contributed by atoms with E-state index in [0.29, 0.717) is 19.1 Å². The average molecular weight is 328 g/mol. The summed E-state index contributed by atoms with van der Waals surface area (Å²) in [5.74, 6) is 1.38. The molecule has 1 fully saturated rings. The molecule has 1 aromatic heterocycles. The van der Waals surface area contributed by atoms with Gasteiger partial charge in [-0.1, -0.05) is 19.9 Å². The lowest BCUT2D eigenvalue weighted by atomic mass is 10.2. The molecule has 1 amide bonds. The highest BCUT2D eigenvalue weighted by atomic mass is 16.5. The van der Waals surface area contributed by atoms with Gasteiger partial charge in [-0.2, -0.15) is 5.10 Å². The number of nitrogens with one attached hydrogen (secondary N) is 1. The van der Waals surface area contributed by atoms with E-state index in [2.05, 4.69) is 24.3 Å². The molecule has 1 unspecified atom stereocenters. The highest BCUT2D eigenvalue weighted by molar-refractivity contribution is 6.00. The molecule has 0 saturated carbocycles. The fourth-order valence-electron chi connectivity index (χ4n) is 2.76. The number of aryl methyl sites for hydroxylation is 1. The van der Waals surface area contributed by atoms with Gasteiger partial charge in [0, 0.05) is 31.5 Å². The molecule has 2 heterocycles. The smallest absolute Gasteiger partial charge is 0.249 e. The molecular formula is C18H24N4O2. The Morgan fingerprint density at radius 2 is 2.25 bits per heavy atom. The topological polar surface area (TPSA) is 59.4 Å². The van der Waals surface area contributed by atoms with Crippen molar-refractivity contribution in [3.63, 3.8) is 0 Å². The maximum Gasteiger partial charge on any atom is 0.249 e. The van der Waals surface area contributed by atoms with Gasteiger partial charge in [-0.25, -0.2) is 0 Å². The number of anilines is 2. The van der Waals surface area contributed by atoms with E-state index < -0.39 is 0 Å². The van der Waals surface area contributed by atoms with Crippen LogP contribution in [0.15, 0.2) is 36.7 Å². The van der Waals surface area contributed by atoms with Crippen LogP contribution in [-0.2, 0) is 11.8 Å². The van der Waals surface area contributed by atoms with Crippen LogP contribution in [0.2, 0.25) is 0 Å². The molecule has 128 valence electrons. The van der Waals surface area contributed by atoms with E-state index >= 15 is 0 Å². The molecule has 3 rings (SSSR count). The first-order chi connectivity index (χ1) is 11.5. The van der Waals surface area contributed by atoms with Crippen molar-refractivity contribution >= 4 is 17.3 Å². The van der Waals surface area contributed by atoms with Crippen LogP contribution >= 0.6 is 0 Å². The molecule has 6 heteroatoms. The summed E-state index contributed by atoms with van der Waals surface area (Å²) in [6, 6.07) is 7.57. The van der Waals surface area contributed by atoms with Gasteiger partial charge in [-0.05, 0) is 24.5 Å². The summed E-state index contributed by atoms with van der Waals surface area (Å²) in [6.07, 6.45) is 4.35. The standard InChI is InChI=1S/C18H24N4O2/c1-13(2)12-24-16-6-4-5-14(9-16)20-17-7-8-22(18(17)23)15-10-19-21(3)11-15/h4-6,9-11,13,17,20H,7-8,12H2,1-3H3. The highest BCUT2D eigenvalue weighted by Crippen LogP contribution is 2.25. The minimum absolute atomic E-state index is 0.0801. The van der Waals surface area contributed by atoms with E-state index in [1.807, 2.05) is 37.5 Å². The largest absolute Gasteiger partial charge is 0.493 e. The van der Waals surface area contributed by atoms with Crippen molar-refractivity contribution in [1.29, 1.82) is 0 Å². The summed E-state index contributed by atoms with van der Waals surface area (Å²) in [5, 5.41) is 7.46. The quantitative estimate of drug-likeness (QED) is 0.886. The van der Waals surface area contributed by atoms with Crippen LogP contribution in [0.1, 0.15) is 20.3 Å². The predicted octanol–water partition coefficient (Wildman–Crippen LogP) is 2.67. The summed E-state index contributed by atoms with van der Waals surface area (Å²) in [6.45, 7) is 5.62. The molecule has 1 aliphatic heterocycles. The summed E-state index contributed by atoms with van der Waals surface area (Å²) in [4.78, 5) is 14.4. The zero-order valence-corrected chi connectivity index (χ0v) is 14.4.